The van der Waals surface area contributed by atoms with Crippen LogP contribution in [0.1, 0.15) is 23.2 Å². The van der Waals surface area contributed by atoms with Gasteiger partial charge in [-0.2, -0.15) is 0 Å². The van der Waals surface area contributed by atoms with Gasteiger partial charge < -0.3 is 4.74 Å². The van der Waals surface area contributed by atoms with E-state index in [1.54, 1.807) is 31.6 Å². The molecule has 0 aliphatic carbocycles. The van der Waals surface area contributed by atoms with Crippen LogP contribution in [-0.4, -0.2) is 29.5 Å². The molecule has 0 atom stereocenters. The van der Waals surface area contributed by atoms with Gasteiger partial charge in [0.2, 0.25) is 0 Å². The van der Waals surface area contributed by atoms with Gasteiger partial charge in [-0.05, 0) is 24.6 Å². The van der Waals surface area contributed by atoms with Gasteiger partial charge in [0.25, 0.3) is 0 Å². The second-order valence-electron chi connectivity index (χ2n) is 3.78. The fourth-order valence-corrected chi connectivity index (χ4v) is 1.66. The number of nitrogens with zero attached hydrogens (tertiary/aromatic N) is 2. The number of methoxy groups -OCH3 is 1. The molecule has 1 heterocycles. The zero-order chi connectivity index (χ0) is 12.1. The van der Waals surface area contributed by atoms with Crippen molar-refractivity contribution in [1.82, 2.24) is 9.97 Å². The minimum atomic E-state index is 0.120. The van der Waals surface area contributed by atoms with Crippen molar-refractivity contribution in [3.05, 3.63) is 36.2 Å². The lowest BCUT2D eigenvalue weighted by Gasteiger charge is -2.02. The number of Topliss-reactive ketones (excluding diaryl/α,β-unsaturated/α-hetero) is 1. The minimum absolute atomic E-state index is 0.120. The van der Waals surface area contributed by atoms with E-state index in [0.717, 1.165) is 17.5 Å². The fourth-order valence-electron chi connectivity index (χ4n) is 1.66. The number of hydrogen-bond donors (Lipinski definition) is 0. The number of fused-ring (bicyclic) bond motifs is 1. The summed E-state index contributed by atoms with van der Waals surface area (Å²) in [6.45, 7) is 0.610. The van der Waals surface area contributed by atoms with E-state index in [1.807, 2.05) is 6.07 Å². The third kappa shape index (κ3) is 2.85. The lowest BCUT2D eigenvalue weighted by atomic mass is 10.1. The average molecular weight is 230 g/mol. The van der Waals surface area contributed by atoms with E-state index in [4.69, 9.17) is 4.74 Å². The zero-order valence-corrected chi connectivity index (χ0v) is 9.72. The van der Waals surface area contributed by atoms with Gasteiger partial charge in [-0.25, -0.2) is 0 Å². The predicted molar refractivity (Wildman–Crippen MR) is 65.0 cm³/mol. The smallest absolute Gasteiger partial charge is 0.163 e. The van der Waals surface area contributed by atoms with Crippen molar-refractivity contribution in [2.45, 2.75) is 12.8 Å². The standard InChI is InChI=1S/C13H14N2O2/c1-17-8-2-3-13(16)10-4-5-11-12(9-10)15-7-6-14-11/h4-7,9H,2-3,8H2,1H3. The van der Waals surface area contributed by atoms with Crippen LogP contribution in [0.3, 0.4) is 0 Å². The topological polar surface area (TPSA) is 52.1 Å². The first kappa shape index (κ1) is 11.7. The van der Waals surface area contributed by atoms with Crippen LogP contribution in [0.15, 0.2) is 30.6 Å². The maximum absolute atomic E-state index is 11.9. The second-order valence-corrected chi connectivity index (χ2v) is 3.78. The number of ketones is 1. The van der Waals surface area contributed by atoms with Crippen LogP contribution >= 0.6 is 0 Å². The van der Waals surface area contributed by atoms with Crippen molar-refractivity contribution < 1.29 is 9.53 Å². The van der Waals surface area contributed by atoms with Crippen molar-refractivity contribution in [3.63, 3.8) is 0 Å². The molecule has 0 N–H and O–H groups in total. The van der Waals surface area contributed by atoms with Crippen LogP contribution in [0, 0.1) is 0 Å². The normalized spacial score (nSPS) is 10.6. The van der Waals surface area contributed by atoms with Gasteiger partial charge in [0.15, 0.2) is 5.78 Å². The Kier molecular flexibility index (Phi) is 3.77. The van der Waals surface area contributed by atoms with Crippen molar-refractivity contribution in [2.75, 3.05) is 13.7 Å². The Morgan fingerprint density at radius 2 is 2.00 bits per heavy atom. The van der Waals surface area contributed by atoms with Crippen LogP contribution in [0.5, 0.6) is 0 Å². The van der Waals surface area contributed by atoms with E-state index in [-0.39, 0.29) is 5.78 Å². The van der Waals surface area contributed by atoms with Gasteiger partial charge in [0.1, 0.15) is 0 Å². The van der Waals surface area contributed by atoms with Gasteiger partial charge in [-0.3, -0.25) is 14.8 Å². The molecule has 0 aliphatic heterocycles. The highest BCUT2D eigenvalue weighted by molar-refractivity contribution is 5.98. The Labute approximate surface area is 99.7 Å². The van der Waals surface area contributed by atoms with Gasteiger partial charge >= 0.3 is 0 Å². The number of carbonyl (C=O) groups excluding carboxylic acids is 1. The largest absolute Gasteiger partial charge is 0.385 e. The number of rotatable bonds is 5. The van der Waals surface area contributed by atoms with Gasteiger partial charge in [-0.15, -0.1) is 0 Å². The second kappa shape index (κ2) is 5.50. The first-order valence-electron chi connectivity index (χ1n) is 5.54. The molecule has 0 aliphatic rings. The monoisotopic (exact) mass is 230 g/mol. The predicted octanol–water partition coefficient (Wildman–Crippen LogP) is 2.24. The molecule has 2 rings (SSSR count). The average Bonchev–Trinajstić information content (AvgIpc) is 2.38. The molecule has 0 spiro atoms. The Bertz CT molecular complexity index is 526. The summed E-state index contributed by atoms with van der Waals surface area (Å²) in [5.74, 6) is 0.120. The van der Waals surface area contributed by atoms with Crippen molar-refractivity contribution in [1.29, 1.82) is 0 Å². The Morgan fingerprint density at radius 3 is 2.76 bits per heavy atom. The molecule has 4 nitrogen and oxygen atoms in total. The van der Waals surface area contributed by atoms with E-state index in [1.165, 1.54) is 0 Å². The molecule has 88 valence electrons. The maximum Gasteiger partial charge on any atom is 0.163 e. The van der Waals surface area contributed by atoms with Crippen LogP contribution < -0.4 is 0 Å². The van der Waals surface area contributed by atoms with E-state index < -0.39 is 0 Å². The molecule has 1 aromatic carbocycles. The summed E-state index contributed by atoms with van der Waals surface area (Å²) in [5.41, 5.74) is 2.25. The summed E-state index contributed by atoms with van der Waals surface area (Å²) >= 11 is 0. The first-order chi connectivity index (χ1) is 8.31. The highest BCUT2D eigenvalue weighted by Gasteiger charge is 2.06. The molecule has 1 aromatic heterocycles. The number of aromatic nitrogens is 2. The van der Waals surface area contributed by atoms with Gasteiger partial charge in [0, 0.05) is 38.1 Å². The quantitative estimate of drug-likeness (QED) is 0.584. The van der Waals surface area contributed by atoms with Crippen molar-refractivity contribution in [2.24, 2.45) is 0 Å². The Balaban J connectivity index is 2.15. The van der Waals surface area contributed by atoms with Crippen molar-refractivity contribution in [3.8, 4) is 0 Å². The number of benzene rings is 1. The third-order valence-electron chi connectivity index (χ3n) is 2.54. The van der Waals surface area contributed by atoms with E-state index >= 15 is 0 Å². The van der Waals surface area contributed by atoms with Crippen LogP contribution in [0.2, 0.25) is 0 Å². The summed E-state index contributed by atoms with van der Waals surface area (Å²) in [6.07, 6.45) is 4.51. The fraction of sp³-hybridized carbons (Fsp3) is 0.308. The molecule has 0 fully saturated rings. The Hall–Kier alpha value is -1.81. The van der Waals surface area contributed by atoms with E-state index in [2.05, 4.69) is 9.97 Å². The SMILES string of the molecule is COCCCC(=O)c1ccc2nccnc2c1. The minimum Gasteiger partial charge on any atom is -0.385 e. The van der Waals surface area contributed by atoms with Crippen LogP contribution in [0.4, 0.5) is 0 Å². The van der Waals surface area contributed by atoms with Crippen LogP contribution in [-0.2, 0) is 4.74 Å². The van der Waals surface area contributed by atoms with Crippen LogP contribution in [0.25, 0.3) is 11.0 Å². The summed E-state index contributed by atoms with van der Waals surface area (Å²) in [6, 6.07) is 5.41. The molecule has 0 unspecified atom stereocenters. The number of hydrogen-bond acceptors (Lipinski definition) is 4. The number of carbonyl (C=O) groups is 1. The Morgan fingerprint density at radius 1 is 1.24 bits per heavy atom. The van der Waals surface area contributed by atoms with Gasteiger partial charge in [-0.1, -0.05) is 0 Å². The lowest BCUT2D eigenvalue weighted by Crippen LogP contribution is -2.01. The third-order valence-corrected chi connectivity index (χ3v) is 2.54. The molecule has 17 heavy (non-hydrogen) atoms. The highest BCUT2D eigenvalue weighted by atomic mass is 16.5. The highest BCUT2D eigenvalue weighted by Crippen LogP contribution is 2.13. The van der Waals surface area contributed by atoms with E-state index in [0.29, 0.717) is 18.6 Å². The zero-order valence-electron chi connectivity index (χ0n) is 9.72. The number of ether oxygens (including phenoxy) is 1. The molecule has 0 bridgehead atoms. The summed E-state index contributed by atoms with van der Waals surface area (Å²) in [5, 5.41) is 0. The molecule has 2 aromatic rings. The molecule has 0 radical (unpaired) electrons. The lowest BCUT2D eigenvalue weighted by molar-refractivity contribution is 0.0963. The van der Waals surface area contributed by atoms with Crippen molar-refractivity contribution >= 4 is 16.8 Å². The molecule has 0 saturated heterocycles. The molecule has 0 amide bonds. The summed E-state index contributed by atoms with van der Waals surface area (Å²) < 4.78 is 4.92. The maximum atomic E-state index is 11.9. The van der Waals surface area contributed by atoms with Gasteiger partial charge in [0.05, 0.1) is 11.0 Å². The molecule has 0 saturated carbocycles. The first-order valence-corrected chi connectivity index (χ1v) is 5.54. The molecule has 4 heteroatoms. The molecular weight excluding hydrogens is 216 g/mol. The molecular formula is C13H14N2O2. The summed E-state index contributed by atoms with van der Waals surface area (Å²) in [4.78, 5) is 20.2. The summed E-state index contributed by atoms with van der Waals surface area (Å²) in [7, 11) is 1.64. The van der Waals surface area contributed by atoms with E-state index in [9.17, 15) is 4.79 Å².